The molecule has 0 saturated carbocycles. The van der Waals surface area contributed by atoms with Crippen molar-refractivity contribution in [3.05, 3.63) is 29.3 Å². The number of guanidine groups is 1. The first-order chi connectivity index (χ1) is 13.6. The summed E-state index contributed by atoms with van der Waals surface area (Å²) in [6.07, 6.45) is 5.17. The van der Waals surface area contributed by atoms with Gasteiger partial charge in [0.2, 0.25) is 0 Å². The van der Waals surface area contributed by atoms with Gasteiger partial charge in [0.05, 0.1) is 14.2 Å². The highest BCUT2D eigenvalue weighted by molar-refractivity contribution is 14.0. The predicted octanol–water partition coefficient (Wildman–Crippen LogP) is 3.03. The molecule has 0 aromatic heterocycles. The lowest BCUT2D eigenvalue weighted by Crippen LogP contribution is -2.45. The number of likely N-dealkylation sites (tertiary alicyclic amines) is 1. The molecule has 0 bridgehead atoms. The maximum Gasteiger partial charge on any atom is 0.341 e. The molecule has 1 aromatic carbocycles. The van der Waals surface area contributed by atoms with Crippen molar-refractivity contribution in [2.45, 2.75) is 45.2 Å². The number of benzene rings is 1. The van der Waals surface area contributed by atoms with E-state index in [-0.39, 0.29) is 24.0 Å². The third-order valence-corrected chi connectivity index (χ3v) is 5.26. The number of carbonyl (C=O) groups is 1. The second-order valence-corrected chi connectivity index (χ2v) is 6.97. The van der Waals surface area contributed by atoms with Crippen LogP contribution in [0.4, 0.5) is 0 Å². The lowest BCUT2D eigenvalue weighted by molar-refractivity contribution is 0.0597. The summed E-state index contributed by atoms with van der Waals surface area (Å²) >= 11 is 0. The van der Waals surface area contributed by atoms with Gasteiger partial charge in [0.1, 0.15) is 11.3 Å². The normalized spacial score (nSPS) is 17.2. The van der Waals surface area contributed by atoms with E-state index >= 15 is 0 Å². The molecule has 1 unspecified atom stereocenters. The van der Waals surface area contributed by atoms with E-state index in [1.165, 1.54) is 46.4 Å². The smallest absolute Gasteiger partial charge is 0.341 e. The van der Waals surface area contributed by atoms with E-state index in [2.05, 4.69) is 27.4 Å². The zero-order valence-electron chi connectivity index (χ0n) is 18.0. The highest BCUT2D eigenvalue weighted by Crippen LogP contribution is 2.21. The van der Waals surface area contributed by atoms with Gasteiger partial charge in [0, 0.05) is 32.7 Å². The Kier molecular flexibility index (Phi) is 12.0. The number of nitrogens with one attached hydrogen (secondary N) is 2. The number of nitrogens with zero attached hydrogens (tertiary/aromatic N) is 2. The highest BCUT2D eigenvalue weighted by atomic mass is 127. The van der Waals surface area contributed by atoms with Gasteiger partial charge in [-0.1, -0.05) is 19.4 Å². The maximum absolute atomic E-state index is 11.9. The van der Waals surface area contributed by atoms with Crippen LogP contribution < -0.4 is 15.4 Å². The van der Waals surface area contributed by atoms with E-state index in [9.17, 15) is 4.79 Å². The molecule has 8 heteroatoms. The van der Waals surface area contributed by atoms with E-state index < -0.39 is 5.97 Å². The molecule has 0 radical (unpaired) electrons. The number of rotatable bonds is 8. The number of methoxy groups -OCH3 is 2. The van der Waals surface area contributed by atoms with E-state index in [4.69, 9.17) is 9.47 Å². The zero-order chi connectivity index (χ0) is 20.4. The Labute approximate surface area is 191 Å². The van der Waals surface area contributed by atoms with Crippen LogP contribution in [-0.4, -0.2) is 63.8 Å². The third-order valence-electron chi connectivity index (χ3n) is 5.26. The van der Waals surface area contributed by atoms with E-state index in [0.717, 1.165) is 24.6 Å². The van der Waals surface area contributed by atoms with Gasteiger partial charge >= 0.3 is 5.97 Å². The minimum Gasteiger partial charge on any atom is -0.496 e. The van der Waals surface area contributed by atoms with Crippen molar-refractivity contribution >= 4 is 35.9 Å². The van der Waals surface area contributed by atoms with Crippen LogP contribution >= 0.6 is 24.0 Å². The van der Waals surface area contributed by atoms with E-state index in [1.807, 2.05) is 6.07 Å². The summed E-state index contributed by atoms with van der Waals surface area (Å²) < 4.78 is 10.1. The second kappa shape index (κ2) is 13.6. The fraction of sp³-hybridized carbons (Fsp3) is 0.619. The van der Waals surface area contributed by atoms with Crippen LogP contribution in [0.1, 0.15) is 48.5 Å². The highest BCUT2D eigenvalue weighted by Gasteiger charge is 2.20. The number of esters is 1. The number of ether oxygens (including phenoxy) is 2. The van der Waals surface area contributed by atoms with Crippen LogP contribution in [-0.2, 0) is 11.3 Å². The number of carbonyl (C=O) groups excluding carboxylic acids is 1. The molecule has 1 fully saturated rings. The molecule has 164 valence electrons. The van der Waals surface area contributed by atoms with Crippen molar-refractivity contribution in [2.75, 3.05) is 40.9 Å². The summed E-state index contributed by atoms with van der Waals surface area (Å²) in [6.45, 7) is 5.89. The first-order valence-corrected chi connectivity index (χ1v) is 10.1. The van der Waals surface area contributed by atoms with Gasteiger partial charge in [-0.25, -0.2) is 4.79 Å². The van der Waals surface area contributed by atoms with Gasteiger partial charge in [-0.2, -0.15) is 0 Å². The Morgan fingerprint density at radius 3 is 2.72 bits per heavy atom. The third kappa shape index (κ3) is 7.65. The molecular formula is C21H35IN4O3. The number of piperidine rings is 1. The summed E-state index contributed by atoms with van der Waals surface area (Å²) in [6, 6.07) is 6.19. The Bertz CT molecular complexity index is 669. The summed E-state index contributed by atoms with van der Waals surface area (Å²) in [5, 5.41) is 6.68. The van der Waals surface area contributed by atoms with Crippen LogP contribution in [0, 0.1) is 0 Å². The summed E-state index contributed by atoms with van der Waals surface area (Å²) in [7, 11) is 4.67. The molecule has 7 nitrogen and oxygen atoms in total. The molecule has 1 aliphatic heterocycles. The van der Waals surface area contributed by atoms with Crippen LogP contribution in [0.25, 0.3) is 0 Å². The fourth-order valence-corrected chi connectivity index (χ4v) is 3.68. The summed E-state index contributed by atoms with van der Waals surface area (Å²) in [5.41, 5.74) is 1.37. The van der Waals surface area contributed by atoms with Gasteiger partial charge in [-0.15, -0.1) is 24.0 Å². The molecule has 0 amide bonds. The molecule has 29 heavy (non-hydrogen) atoms. The quantitative estimate of drug-likeness (QED) is 0.239. The molecule has 0 spiro atoms. The monoisotopic (exact) mass is 518 g/mol. The van der Waals surface area contributed by atoms with E-state index in [1.54, 1.807) is 19.2 Å². The predicted molar refractivity (Wildman–Crippen MR) is 127 cm³/mol. The van der Waals surface area contributed by atoms with Gasteiger partial charge in [-0.05, 0) is 43.5 Å². The molecule has 1 aromatic rings. The van der Waals surface area contributed by atoms with Crippen molar-refractivity contribution < 1.29 is 14.3 Å². The van der Waals surface area contributed by atoms with Gasteiger partial charge in [0.15, 0.2) is 5.96 Å². The van der Waals surface area contributed by atoms with E-state index in [0.29, 0.717) is 23.9 Å². The Morgan fingerprint density at radius 2 is 2.07 bits per heavy atom. The van der Waals surface area contributed by atoms with Crippen molar-refractivity contribution in [1.29, 1.82) is 0 Å². The average Bonchev–Trinajstić information content (AvgIpc) is 2.75. The lowest BCUT2D eigenvalue weighted by atomic mass is 10.0. The minimum absolute atomic E-state index is 0. The van der Waals surface area contributed by atoms with Gasteiger partial charge in [-0.3, -0.25) is 9.89 Å². The van der Waals surface area contributed by atoms with Crippen LogP contribution in [0.3, 0.4) is 0 Å². The summed E-state index contributed by atoms with van der Waals surface area (Å²) in [4.78, 5) is 18.8. The number of halogens is 1. The molecule has 1 heterocycles. The van der Waals surface area contributed by atoms with Gasteiger partial charge in [0.25, 0.3) is 0 Å². The standard InChI is InChI=1S/C21H34N4O3.HI/c1-5-17-8-6-7-12-25(17)13-11-23-21(22-2)24-15-16-9-10-19(27-3)18(14-16)20(26)28-4;/h9-10,14,17H,5-8,11-13,15H2,1-4H3,(H2,22,23,24);1H. The zero-order valence-corrected chi connectivity index (χ0v) is 20.3. The number of hydrogen-bond acceptors (Lipinski definition) is 5. The molecule has 1 saturated heterocycles. The van der Waals surface area contributed by atoms with Crippen molar-refractivity contribution in [1.82, 2.24) is 15.5 Å². The number of hydrogen-bond donors (Lipinski definition) is 2. The molecule has 1 atom stereocenters. The van der Waals surface area contributed by atoms with Crippen molar-refractivity contribution in [3.63, 3.8) is 0 Å². The van der Waals surface area contributed by atoms with Crippen molar-refractivity contribution in [3.8, 4) is 5.75 Å². The molecule has 1 aliphatic rings. The topological polar surface area (TPSA) is 75.2 Å². The summed E-state index contributed by atoms with van der Waals surface area (Å²) in [5.74, 6) is 0.846. The van der Waals surface area contributed by atoms with Crippen LogP contribution in [0.15, 0.2) is 23.2 Å². The van der Waals surface area contributed by atoms with Gasteiger partial charge < -0.3 is 20.1 Å². The number of aliphatic imine (C=N–C) groups is 1. The average molecular weight is 518 g/mol. The largest absolute Gasteiger partial charge is 0.496 e. The van der Waals surface area contributed by atoms with Crippen LogP contribution in [0.2, 0.25) is 0 Å². The van der Waals surface area contributed by atoms with Crippen molar-refractivity contribution in [2.24, 2.45) is 4.99 Å². The Balaban J connectivity index is 0.00000420. The second-order valence-electron chi connectivity index (χ2n) is 6.97. The fourth-order valence-electron chi connectivity index (χ4n) is 3.68. The first kappa shape index (κ1) is 25.5. The van der Waals surface area contributed by atoms with Crippen LogP contribution in [0.5, 0.6) is 5.75 Å². The Morgan fingerprint density at radius 1 is 1.28 bits per heavy atom. The molecule has 2 rings (SSSR count). The molecule has 0 aliphatic carbocycles. The maximum atomic E-state index is 11.9. The first-order valence-electron chi connectivity index (χ1n) is 10.1. The molecular weight excluding hydrogens is 483 g/mol. The minimum atomic E-state index is -0.409. The SMILES string of the molecule is CCC1CCCCN1CCNC(=NC)NCc1ccc(OC)c(C(=O)OC)c1.I. The Hall–Kier alpha value is -1.55. The lowest BCUT2D eigenvalue weighted by Gasteiger charge is -2.35. The molecule has 2 N–H and O–H groups in total.